The van der Waals surface area contributed by atoms with Crippen molar-refractivity contribution < 1.29 is 24.2 Å². The maximum Gasteiger partial charge on any atom is 0.310 e. The Kier molecular flexibility index (Phi) is 46.0. The molecule has 0 aromatic heterocycles. The first kappa shape index (κ1) is 54.6. The summed E-state index contributed by atoms with van der Waals surface area (Å²) in [6.45, 7) is 3.96. The maximum atomic E-state index is 12.2. The number of carbonyl (C=O) groups excluding carboxylic acids is 2. The number of aliphatic hydroxyl groups is 1. The van der Waals surface area contributed by atoms with E-state index in [2.05, 4.69) is 62.5 Å². The van der Waals surface area contributed by atoms with Gasteiger partial charge in [-0.05, 0) is 38.5 Å². The van der Waals surface area contributed by atoms with Crippen LogP contribution in [0.2, 0.25) is 0 Å². The Labute approximate surface area is 353 Å². The molecule has 0 aromatic carbocycles. The van der Waals surface area contributed by atoms with E-state index in [1.165, 1.54) is 161 Å². The quantitative estimate of drug-likeness (QED) is 0.0378. The van der Waals surface area contributed by atoms with Gasteiger partial charge in [0.15, 0.2) is 6.10 Å². The lowest BCUT2D eigenvalue weighted by Gasteiger charge is -2.15. The van der Waals surface area contributed by atoms with Crippen molar-refractivity contribution in [2.24, 2.45) is 0 Å². The van der Waals surface area contributed by atoms with Crippen molar-refractivity contribution in [3.8, 4) is 0 Å². The molecule has 0 aliphatic heterocycles. The molecule has 57 heavy (non-hydrogen) atoms. The number of ether oxygens (including phenoxy) is 2. The van der Waals surface area contributed by atoms with Crippen LogP contribution in [0.5, 0.6) is 0 Å². The molecule has 0 spiro atoms. The molecule has 0 aliphatic rings. The van der Waals surface area contributed by atoms with E-state index in [4.69, 9.17) is 9.47 Å². The second-order valence-electron chi connectivity index (χ2n) is 16.2. The van der Waals surface area contributed by atoms with Gasteiger partial charge in [0, 0.05) is 6.42 Å². The second-order valence-corrected chi connectivity index (χ2v) is 16.2. The lowest BCUT2D eigenvalue weighted by Crippen LogP contribution is -2.28. The van der Waals surface area contributed by atoms with Crippen LogP contribution in [0.15, 0.2) is 60.8 Å². The van der Waals surface area contributed by atoms with Gasteiger partial charge >= 0.3 is 11.9 Å². The van der Waals surface area contributed by atoms with Crippen molar-refractivity contribution in [3.63, 3.8) is 0 Å². The van der Waals surface area contributed by atoms with Crippen LogP contribution in [-0.2, 0) is 19.1 Å². The summed E-state index contributed by atoms with van der Waals surface area (Å²) < 4.78 is 10.6. The number of esters is 2. The highest BCUT2D eigenvalue weighted by Gasteiger charge is 2.15. The highest BCUT2D eigenvalue weighted by molar-refractivity contribution is 5.71. The minimum Gasteiger partial charge on any atom is -0.462 e. The molecule has 1 atom stereocenters. The molecule has 0 saturated carbocycles. The van der Waals surface area contributed by atoms with Crippen molar-refractivity contribution in [1.82, 2.24) is 0 Å². The first-order valence-electron chi connectivity index (χ1n) is 24.3. The van der Waals surface area contributed by atoms with Crippen LogP contribution < -0.4 is 0 Å². The number of unbranched alkanes of at least 4 members (excludes halogenated alkanes) is 27. The Morgan fingerprint density at radius 2 is 0.737 bits per heavy atom. The standard InChI is InChI=1S/C52H92O5/c1-3-5-7-9-11-13-15-17-19-20-21-22-23-24-25-26-27-28-29-30-31-33-34-36-38-40-42-44-46-51(54)56-49-50(48-53)57-52(55)47-45-43-41-39-37-35-32-18-16-14-12-10-8-6-4-2/h6,8,12,14,18,32,37,39,43,45,50,53H,3-5,7,9-11,13,15-17,19-31,33-36,38,40-42,44,46-49H2,1-2H3/b8-6-,14-12-,32-18-,39-37-,45-43-. The number of hydrogen-bond donors (Lipinski definition) is 1. The van der Waals surface area contributed by atoms with E-state index in [1.807, 2.05) is 6.08 Å². The van der Waals surface area contributed by atoms with E-state index in [1.54, 1.807) is 6.08 Å². The average Bonchev–Trinajstić information content (AvgIpc) is 3.21. The molecule has 330 valence electrons. The predicted octanol–water partition coefficient (Wildman–Crippen LogP) is 15.9. The third-order valence-corrected chi connectivity index (χ3v) is 10.6. The topological polar surface area (TPSA) is 72.8 Å². The van der Waals surface area contributed by atoms with Gasteiger partial charge in [0.1, 0.15) is 6.61 Å². The molecule has 0 bridgehead atoms. The second kappa shape index (κ2) is 48.0. The summed E-state index contributed by atoms with van der Waals surface area (Å²) in [6.07, 6.45) is 63.5. The van der Waals surface area contributed by atoms with Crippen LogP contribution in [0.1, 0.15) is 239 Å². The highest BCUT2D eigenvalue weighted by atomic mass is 16.6. The van der Waals surface area contributed by atoms with Crippen molar-refractivity contribution in [2.45, 2.75) is 245 Å². The van der Waals surface area contributed by atoms with Gasteiger partial charge in [0.05, 0.1) is 13.0 Å². The number of rotatable bonds is 44. The fourth-order valence-electron chi connectivity index (χ4n) is 6.99. The van der Waals surface area contributed by atoms with Crippen LogP contribution in [0.25, 0.3) is 0 Å². The Balaban J connectivity index is 3.50. The monoisotopic (exact) mass is 797 g/mol. The van der Waals surface area contributed by atoms with Gasteiger partial charge in [-0.1, -0.05) is 248 Å². The van der Waals surface area contributed by atoms with E-state index in [9.17, 15) is 14.7 Å². The van der Waals surface area contributed by atoms with E-state index in [0.717, 1.165) is 51.4 Å². The Hall–Kier alpha value is -2.40. The van der Waals surface area contributed by atoms with Gasteiger partial charge in [-0.15, -0.1) is 0 Å². The minimum absolute atomic E-state index is 0.105. The molecule has 5 heteroatoms. The molecule has 5 nitrogen and oxygen atoms in total. The van der Waals surface area contributed by atoms with Crippen LogP contribution in [-0.4, -0.2) is 36.4 Å². The molecule has 1 N–H and O–H groups in total. The maximum absolute atomic E-state index is 12.2. The molecular formula is C52H92O5. The third kappa shape index (κ3) is 46.2. The number of hydrogen-bond acceptors (Lipinski definition) is 5. The van der Waals surface area contributed by atoms with Crippen LogP contribution >= 0.6 is 0 Å². The van der Waals surface area contributed by atoms with Gasteiger partial charge in [-0.3, -0.25) is 9.59 Å². The van der Waals surface area contributed by atoms with E-state index in [0.29, 0.717) is 6.42 Å². The molecule has 1 unspecified atom stereocenters. The normalized spacial score (nSPS) is 12.7. The third-order valence-electron chi connectivity index (χ3n) is 10.6. The lowest BCUT2D eigenvalue weighted by molar-refractivity contribution is -0.160. The molecule has 0 heterocycles. The number of aliphatic hydroxyl groups excluding tert-OH is 1. The predicted molar refractivity (Wildman–Crippen MR) is 247 cm³/mol. The van der Waals surface area contributed by atoms with Crippen LogP contribution in [0, 0.1) is 0 Å². The van der Waals surface area contributed by atoms with Crippen LogP contribution in [0.3, 0.4) is 0 Å². The summed E-state index contributed by atoms with van der Waals surface area (Å²) in [6, 6.07) is 0. The molecular weight excluding hydrogens is 705 g/mol. The average molecular weight is 797 g/mol. The molecule has 0 aromatic rings. The Morgan fingerprint density at radius 1 is 0.421 bits per heavy atom. The first-order chi connectivity index (χ1) is 28.1. The van der Waals surface area contributed by atoms with Gasteiger partial charge in [0.25, 0.3) is 0 Å². The number of carbonyl (C=O) groups is 2. The van der Waals surface area contributed by atoms with Crippen LogP contribution in [0.4, 0.5) is 0 Å². The summed E-state index contributed by atoms with van der Waals surface area (Å²) in [5, 5.41) is 9.57. The SMILES string of the molecule is CC/C=C\C/C=C\C/C=C\C/C=C\C/C=C\CC(=O)OC(CO)COC(=O)CCCCCCCCCCCCCCCCCCCCCCCCCCCCCC. The van der Waals surface area contributed by atoms with Crippen molar-refractivity contribution in [3.05, 3.63) is 60.8 Å². The molecule has 0 aliphatic carbocycles. The summed E-state index contributed by atoms with van der Waals surface area (Å²) in [5.74, 6) is -0.732. The first-order valence-corrected chi connectivity index (χ1v) is 24.3. The van der Waals surface area contributed by atoms with Gasteiger partial charge in [-0.2, -0.15) is 0 Å². The summed E-state index contributed by atoms with van der Waals surface area (Å²) in [7, 11) is 0. The molecule has 0 fully saturated rings. The van der Waals surface area contributed by atoms with E-state index in [-0.39, 0.29) is 25.6 Å². The summed E-state index contributed by atoms with van der Waals surface area (Å²) in [4.78, 5) is 24.3. The fourth-order valence-corrected chi connectivity index (χ4v) is 6.99. The zero-order valence-electron chi connectivity index (χ0n) is 37.6. The van der Waals surface area contributed by atoms with E-state index >= 15 is 0 Å². The zero-order valence-corrected chi connectivity index (χ0v) is 37.6. The highest BCUT2D eigenvalue weighted by Crippen LogP contribution is 2.16. The molecule has 0 amide bonds. The zero-order chi connectivity index (χ0) is 41.4. The van der Waals surface area contributed by atoms with E-state index < -0.39 is 12.1 Å². The Morgan fingerprint density at radius 3 is 1.07 bits per heavy atom. The van der Waals surface area contributed by atoms with Crippen molar-refractivity contribution in [1.29, 1.82) is 0 Å². The van der Waals surface area contributed by atoms with Gasteiger partial charge < -0.3 is 14.6 Å². The largest absolute Gasteiger partial charge is 0.462 e. The van der Waals surface area contributed by atoms with Crippen molar-refractivity contribution in [2.75, 3.05) is 13.2 Å². The lowest BCUT2D eigenvalue weighted by atomic mass is 10.0. The minimum atomic E-state index is -0.826. The molecule has 0 saturated heterocycles. The fraction of sp³-hybridized carbons (Fsp3) is 0.769. The Bertz CT molecular complexity index is 992. The summed E-state index contributed by atoms with van der Waals surface area (Å²) in [5.41, 5.74) is 0. The molecule has 0 rings (SSSR count). The number of allylic oxidation sites excluding steroid dienone is 9. The van der Waals surface area contributed by atoms with Gasteiger partial charge in [-0.25, -0.2) is 0 Å². The smallest absolute Gasteiger partial charge is 0.310 e. The van der Waals surface area contributed by atoms with Crippen molar-refractivity contribution >= 4 is 11.9 Å². The van der Waals surface area contributed by atoms with Gasteiger partial charge in [0.2, 0.25) is 0 Å². The summed E-state index contributed by atoms with van der Waals surface area (Å²) >= 11 is 0. The molecule has 0 radical (unpaired) electrons.